The van der Waals surface area contributed by atoms with E-state index in [1.165, 1.54) is 4.90 Å². The molecule has 0 saturated carbocycles. The summed E-state index contributed by atoms with van der Waals surface area (Å²) in [6, 6.07) is 4.93. The van der Waals surface area contributed by atoms with Gasteiger partial charge in [-0.1, -0.05) is 22.0 Å². The average molecular weight is 351 g/mol. The number of fused-ring (bicyclic) bond motifs is 1. The average Bonchev–Trinajstić information content (AvgIpc) is 2.92. The largest absolute Gasteiger partial charge is 0.480 e. The molecule has 1 unspecified atom stereocenters. The van der Waals surface area contributed by atoms with Crippen molar-refractivity contribution in [2.75, 3.05) is 6.54 Å². The van der Waals surface area contributed by atoms with Crippen molar-refractivity contribution in [1.82, 2.24) is 9.88 Å². The second-order valence-corrected chi connectivity index (χ2v) is 6.07. The monoisotopic (exact) mass is 350 g/mol. The summed E-state index contributed by atoms with van der Waals surface area (Å²) in [6.45, 7) is 0.493. The number of nitrogens with zero attached hydrogens (tertiary/aromatic N) is 1. The molecule has 1 aromatic heterocycles. The number of carboxylic acids is 1. The van der Waals surface area contributed by atoms with Gasteiger partial charge in [0, 0.05) is 28.1 Å². The van der Waals surface area contributed by atoms with Crippen molar-refractivity contribution in [3.05, 3.63) is 34.4 Å². The van der Waals surface area contributed by atoms with Gasteiger partial charge in [-0.05, 0) is 31.4 Å². The highest BCUT2D eigenvalue weighted by Crippen LogP contribution is 2.29. The Labute approximate surface area is 130 Å². The number of likely N-dealkylation sites (tertiary alicyclic amines) is 1. The van der Waals surface area contributed by atoms with E-state index in [-0.39, 0.29) is 5.91 Å². The van der Waals surface area contributed by atoms with Crippen molar-refractivity contribution in [1.29, 1.82) is 0 Å². The highest BCUT2D eigenvalue weighted by atomic mass is 79.9. The number of halogens is 1. The van der Waals surface area contributed by atoms with Gasteiger partial charge in [-0.3, -0.25) is 4.79 Å². The van der Waals surface area contributed by atoms with Crippen molar-refractivity contribution in [2.24, 2.45) is 0 Å². The van der Waals surface area contributed by atoms with Gasteiger partial charge in [0.05, 0.1) is 5.56 Å². The molecule has 0 bridgehead atoms. The molecule has 2 aromatic rings. The second kappa shape index (κ2) is 5.52. The first-order valence-corrected chi connectivity index (χ1v) is 7.68. The minimum atomic E-state index is -0.929. The lowest BCUT2D eigenvalue weighted by atomic mass is 10.0. The van der Waals surface area contributed by atoms with Crippen LogP contribution in [0, 0.1) is 0 Å². The fraction of sp³-hybridized carbons (Fsp3) is 0.333. The molecule has 1 fully saturated rings. The summed E-state index contributed by atoms with van der Waals surface area (Å²) in [4.78, 5) is 28.7. The Bertz CT molecular complexity index is 710. The van der Waals surface area contributed by atoms with Gasteiger partial charge >= 0.3 is 5.97 Å². The van der Waals surface area contributed by atoms with Crippen molar-refractivity contribution >= 4 is 38.7 Å². The number of aromatic amines is 1. The quantitative estimate of drug-likeness (QED) is 0.874. The van der Waals surface area contributed by atoms with Crippen LogP contribution in [0.5, 0.6) is 0 Å². The number of aromatic nitrogens is 1. The third kappa shape index (κ3) is 2.44. The van der Waals surface area contributed by atoms with Crippen LogP contribution in [0.15, 0.2) is 28.9 Å². The van der Waals surface area contributed by atoms with E-state index in [1.54, 1.807) is 6.20 Å². The summed E-state index contributed by atoms with van der Waals surface area (Å²) >= 11 is 3.46. The van der Waals surface area contributed by atoms with Crippen LogP contribution < -0.4 is 0 Å². The molecule has 1 saturated heterocycles. The van der Waals surface area contributed by atoms with Gasteiger partial charge < -0.3 is 15.0 Å². The number of H-pyrrole nitrogens is 1. The first-order chi connectivity index (χ1) is 10.1. The van der Waals surface area contributed by atoms with Crippen molar-refractivity contribution in [2.45, 2.75) is 25.3 Å². The van der Waals surface area contributed by atoms with Crippen LogP contribution in [0.1, 0.15) is 29.6 Å². The molecule has 1 atom stereocenters. The van der Waals surface area contributed by atoms with Gasteiger partial charge in [0.15, 0.2) is 0 Å². The molecular weight excluding hydrogens is 336 g/mol. The third-order valence-corrected chi connectivity index (χ3v) is 4.59. The SMILES string of the molecule is O=C(O)C1CCCCN1C(=O)c1c[nH]c2cccc(Br)c12. The standard InChI is InChI=1S/C15H15BrN2O3/c16-10-4-3-5-11-13(10)9(8-17-11)14(19)18-7-2-1-6-12(18)15(20)21/h3-5,8,12,17H,1-2,6-7H2,(H,20,21). The molecule has 110 valence electrons. The molecule has 1 aliphatic heterocycles. The number of piperidine rings is 1. The molecule has 5 nitrogen and oxygen atoms in total. The predicted octanol–water partition coefficient (Wildman–Crippen LogP) is 3.01. The van der Waals surface area contributed by atoms with Crippen LogP contribution in [0.25, 0.3) is 10.9 Å². The molecule has 1 amide bonds. The smallest absolute Gasteiger partial charge is 0.326 e. The molecule has 1 aromatic carbocycles. The van der Waals surface area contributed by atoms with Gasteiger partial charge in [0.1, 0.15) is 6.04 Å². The van der Waals surface area contributed by atoms with Gasteiger partial charge in [-0.25, -0.2) is 4.79 Å². The number of hydrogen-bond donors (Lipinski definition) is 2. The first-order valence-electron chi connectivity index (χ1n) is 6.89. The summed E-state index contributed by atoms with van der Waals surface area (Å²) in [6.07, 6.45) is 3.87. The molecule has 0 radical (unpaired) electrons. The minimum Gasteiger partial charge on any atom is -0.480 e. The zero-order valence-corrected chi connectivity index (χ0v) is 12.9. The fourth-order valence-corrected chi connectivity index (χ4v) is 3.47. The van der Waals surface area contributed by atoms with Gasteiger partial charge in [0.2, 0.25) is 0 Å². The second-order valence-electron chi connectivity index (χ2n) is 5.21. The third-order valence-electron chi connectivity index (χ3n) is 3.93. The summed E-state index contributed by atoms with van der Waals surface area (Å²) in [5, 5.41) is 10.1. The Morgan fingerprint density at radius 2 is 2.14 bits per heavy atom. The molecule has 0 spiro atoms. The summed E-state index contributed by atoms with van der Waals surface area (Å²) in [5.74, 6) is -1.15. The Hall–Kier alpha value is -1.82. The van der Waals surface area contributed by atoms with Crippen LogP contribution in [0.4, 0.5) is 0 Å². The number of nitrogens with one attached hydrogen (secondary N) is 1. The van der Waals surface area contributed by atoms with Crippen LogP contribution in [-0.4, -0.2) is 39.5 Å². The Balaban J connectivity index is 2.01. The van der Waals surface area contributed by atoms with Gasteiger partial charge in [-0.2, -0.15) is 0 Å². The number of carbonyl (C=O) groups is 2. The Morgan fingerprint density at radius 3 is 2.90 bits per heavy atom. The van der Waals surface area contributed by atoms with E-state index >= 15 is 0 Å². The fourth-order valence-electron chi connectivity index (χ4n) is 2.90. The summed E-state index contributed by atoms with van der Waals surface area (Å²) in [5.41, 5.74) is 1.38. The van der Waals surface area contributed by atoms with Crippen molar-refractivity contribution < 1.29 is 14.7 Å². The maximum atomic E-state index is 12.8. The zero-order valence-electron chi connectivity index (χ0n) is 11.3. The van der Waals surface area contributed by atoms with Gasteiger partial charge in [-0.15, -0.1) is 0 Å². The molecule has 6 heteroatoms. The lowest BCUT2D eigenvalue weighted by molar-refractivity contribution is -0.143. The van der Waals surface area contributed by atoms with Crippen molar-refractivity contribution in [3.63, 3.8) is 0 Å². The molecular formula is C15H15BrN2O3. The molecule has 3 rings (SSSR count). The van der Waals surface area contributed by atoms with E-state index in [1.807, 2.05) is 18.2 Å². The van der Waals surface area contributed by atoms with E-state index in [4.69, 9.17) is 0 Å². The number of rotatable bonds is 2. The predicted molar refractivity (Wildman–Crippen MR) is 82.3 cm³/mol. The first kappa shape index (κ1) is 14.1. The van der Waals surface area contributed by atoms with E-state index in [2.05, 4.69) is 20.9 Å². The lowest BCUT2D eigenvalue weighted by Crippen LogP contribution is -2.47. The maximum Gasteiger partial charge on any atom is 0.326 e. The van der Waals surface area contributed by atoms with E-state index < -0.39 is 12.0 Å². The van der Waals surface area contributed by atoms with E-state index in [0.29, 0.717) is 18.5 Å². The molecule has 1 aliphatic rings. The molecule has 2 heterocycles. The maximum absolute atomic E-state index is 12.8. The summed E-state index contributed by atoms with van der Waals surface area (Å²) < 4.78 is 0.827. The Kier molecular flexibility index (Phi) is 3.71. The normalized spacial score (nSPS) is 18.9. The number of hydrogen-bond acceptors (Lipinski definition) is 2. The van der Waals surface area contributed by atoms with Crippen LogP contribution in [0.3, 0.4) is 0 Å². The highest BCUT2D eigenvalue weighted by molar-refractivity contribution is 9.10. The number of amides is 1. The Morgan fingerprint density at radius 1 is 1.33 bits per heavy atom. The van der Waals surface area contributed by atoms with Crippen LogP contribution in [-0.2, 0) is 4.79 Å². The molecule has 2 N–H and O–H groups in total. The van der Waals surface area contributed by atoms with E-state index in [0.717, 1.165) is 28.2 Å². The number of carbonyl (C=O) groups excluding carboxylic acids is 1. The lowest BCUT2D eigenvalue weighted by Gasteiger charge is -2.32. The molecule has 0 aliphatic carbocycles. The highest BCUT2D eigenvalue weighted by Gasteiger charge is 2.33. The van der Waals surface area contributed by atoms with E-state index in [9.17, 15) is 14.7 Å². The number of aliphatic carboxylic acids is 1. The van der Waals surface area contributed by atoms with Crippen molar-refractivity contribution in [3.8, 4) is 0 Å². The minimum absolute atomic E-state index is 0.222. The topological polar surface area (TPSA) is 73.4 Å². The van der Waals surface area contributed by atoms with Crippen LogP contribution in [0.2, 0.25) is 0 Å². The molecule has 21 heavy (non-hydrogen) atoms. The zero-order chi connectivity index (χ0) is 15.0. The summed E-state index contributed by atoms with van der Waals surface area (Å²) in [7, 11) is 0. The van der Waals surface area contributed by atoms with Gasteiger partial charge in [0.25, 0.3) is 5.91 Å². The number of carboxylic acid groups (broad SMARTS) is 1. The number of benzene rings is 1. The van der Waals surface area contributed by atoms with Crippen LogP contribution >= 0.6 is 15.9 Å².